The van der Waals surface area contributed by atoms with Gasteiger partial charge in [-0.05, 0) is 48.6 Å². The van der Waals surface area contributed by atoms with Crippen LogP contribution in [0.3, 0.4) is 0 Å². The molecule has 0 atom stereocenters. The first-order chi connectivity index (χ1) is 6.74. The van der Waals surface area contributed by atoms with Crippen molar-refractivity contribution in [2.45, 2.75) is 13.8 Å². The van der Waals surface area contributed by atoms with Gasteiger partial charge < -0.3 is 4.52 Å². The van der Waals surface area contributed by atoms with Gasteiger partial charge in [0.05, 0.1) is 5.69 Å². The SMILES string of the molecule is C/C=C\c1c(I)ccc2c(C)noc12. The van der Waals surface area contributed by atoms with Crippen LogP contribution in [0.5, 0.6) is 0 Å². The van der Waals surface area contributed by atoms with Crippen LogP contribution in [0, 0.1) is 10.5 Å². The van der Waals surface area contributed by atoms with Gasteiger partial charge in [0.2, 0.25) is 0 Å². The van der Waals surface area contributed by atoms with Crippen LogP contribution in [0.4, 0.5) is 0 Å². The van der Waals surface area contributed by atoms with E-state index in [1.807, 2.05) is 19.9 Å². The maximum Gasteiger partial charge on any atom is 0.175 e. The standard InChI is InChI=1S/C11H10INO/c1-3-4-9-10(12)6-5-8-7(2)13-14-11(8)9/h3-6H,1-2H3/b4-3-. The summed E-state index contributed by atoms with van der Waals surface area (Å²) in [5, 5.41) is 5.06. The smallest absolute Gasteiger partial charge is 0.175 e. The Labute approximate surface area is 96.1 Å². The lowest BCUT2D eigenvalue weighted by Gasteiger charge is -1.98. The van der Waals surface area contributed by atoms with Crippen molar-refractivity contribution in [1.82, 2.24) is 5.16 Å². The van der Waals surface area contributed by atoms with Gasteiger partial charge in [0.1, 0.15) is 0 Å². The first-order valence-electron chi connectivity index (χ1n) is 4.41. The van der Waals surface area contributed by atoms with Gasteiger partial charge in [-0.3, -0.25) is 0 Å². The van der Waals surface area contributed by atoms with Crippen molar-refractivity contribution in [3.63, 3.8) is 0 Å². The molecule has 0 spiro atoms. The molecule has 2 rings (SSSR count). The highest BCUT2D eigenvalue weighted by Crippen LogP contribution is 2.26. The van der Waals surface area contributed by atoms with Crippen LogP contribution in [-0.2, 0) is 0 Å². The van der Waals surface area contributed by atoms with E-state index >= 15 is 0 Å². The van der Waals surface area contributed by atoms with Crippen molar-refractivity contribution < 1.29 is 4.52 Å². The second-order valence-electron chi connectivity index (χ2n) is 3.11. The summed E-state index contributed by atoms with van der Waals surface area (Å²) in [6.45, 7) is 3.95. The summed E-state index contributed by atoms with van der Waals surface area (Å²) in [5.74, 6) is 0. The lowest BCUT2D eigenvalue weighted by atomic mass is 10.1. The molecular weight excluding hydrogens is 289 g/mol. The van der Waals surface area contributed by atoms with E-state index in [1.165, 1.54) is 3.57 Å². The second-order valence-corrected chi connectivity index (χ2v) is 4.27. The first-order valence-corrected chi connectivity index (χ1v) is 5.49. The molecule has 0 saturated heterocycles. The average molecular weight is 299 g/mol. The summed E-state index contributed by atoms with van der Waals surface area (Å²) < 4.78 is 6.49. The third-order valence-corrected chi connectivity index (χ3v) is 3.08. The number of aromatic nitrogens is 1. The van der Waals surface area contributed by atoms with Crippen LogP contribution in [0.15, 0.2) is 22.7 Å². The summed E-state index contributed by atoms with van der Waals surface area (Å²) in [6, 6.07) is 4.14. The Morgan fingerprint density at radius 3 is 2.93 bits per heavy atom. The predicted molar refractivity (Wildman–Crippen MR) is 66.2 cm³/mol. The van der Waals surface area contributed by atoms with E-state index in [9.17, 15) is 0 Å². The molecule has 0 N–H and O–H groups in total. The number of halogens is 1. The van der Waals surface area contributed by atoms with Crippen molar-refractivity contribution in [2.24, 2.45) is 0 Å². The van der Waals surface area contributed by atoms with Crippen LogP contribution in [-0.4, -0.2) is 5.16 Å². The molecule has 0 aliphatic carbocycles. The van der Waals surface area contributed by atoms with Crippen LogP contribution >= 0.6 is 22.6 Å². The van der Waals surface area contributed by atoms with Gasteiger partial charge in [0, 0.05) is 14.5 Å². The number of aryl methyl sites for hydroxylation is 1. The van der Waals surface area contributed by atoms with Crippen molar-refractivity contribution in [3.05, 3.63) is 33.0 Å². The maximum absolute atomic E-state index is 5.31. The van der Waals surface area contributed by atoms with Crippen molar-refractivity contribution in [1.29, 1.82) is 0 Å². The Kier molecular flexibility index (Phi) is 2.58. The fourth-order valence-corrected chi connectivity index (χ4v) is 2.05. The van der Waals surface area contributed by atoms with Crippen molar-refractivity contribution in [3.8, 4) is 0 Å². The minimum absolute atomic E-state index is 0.882. The maximum atomic E-state index is 5.31. The van der Waals surface area contributed by atoms with Crippen LogP contribution in [0.1, 0.15) is 18.2 Å². The molecule has 2 nitrogen and oxygen atoms in total. The molecule has 0 bridgehead atoms. The number of allylic oxidation sites excluding steroid dienone is 1. The van der Waals surface area contributed by atoms with Crippen molar-refractivity contribution in [2.75, 3.05) is 0 Å². The van der Waals surface area contributed by atoms with E-state index < -0.39 is 0 Å². The topological polar surface area (TPSA) is 26.0 Å². The number of benzene rings is 1. The molecule has 0 amide bonds. The monoisotopic (exact) mass is 299 g/mol. The second kappa shape index (κ2) is 3.73. The van der Waals surface area contributed by atoms with Gasteiger partial charge in [-0.2, -0.15) is 0 Å². The lowest BCUT2D eigenvalue weighted by Crippen LogP contribution is -1.80. The molecule has 1 aromatic carbocycles. The highest BCUT2D eigenvalue weighted by atomic mass is 127. The largest absolute Gasteiger partial charge is 0.355 e. The Morgan fingerprint density at radius 1 is 1.43 bits per heavy atom. The number of nitrogens with zero attached hydrogens (tertiary/aromatic N) is 1. The van der Waals surface area contributed by atoms with Crippen molar-refractivity contribution >= 4 is 39.6 Å². The van der Waals surface area contributed by atoms with Gasteiger partial charge in [0.15, 0.2) is 5.58 Å². The van der Waals surface area contributed by atoms with Gasteiger partial charge >= 0.3 is 0 Å². The molecule has 0 radical (unpaired) electrons. The molecule has 0 aliphatic rings. The van der Waals surface area contributed by atoms with E-state index in [4.69, 9.17) is 4.52 Å². The average Bonchev–Trinajstić information content (AvgIpc) is 2.53. The third kappa shape index (κ3) is 1.45. The van der Waals surface area contributed by atoms with Gasteiger partial charge in [-0.25, -0.2) is 0 Å². The van der Waals surface area contributed by atoms with Gasteiger partial charge in [0.25, 0.3) is 0 Å². The van der Waals surface area contributed by atoms with Crippen LogP contribution < -0.4 is 0 Å². The number of hydrogen-bond donors (Lipinski definition) is 0. The minimum Gasteiger partial charge on any atom is -0.355 e. The van der Waals surface area contributed by atoms with Crippen LogP contribution in [0.25, 0.3) is 17.0 Å². The fourth-order valence-electron chi connectivity index (χ4n) is 1.44. The fraction of sp³-hybridized carbons (Fsp3) is 0.182. The predicted octanol–water partition coefficient (Wildman–Crippen LogP) is 3.77. The Morgan fingerprint density at radius 2 is 2.21 bits per heavy atom. The molecule has 14 heavy (non-hydrogen) atoms. The molecule has 3 heteroatoms. The first kappa shape index (κ1) is 9.71. The molecule has 1 heterocycles. The molecule has 0 saturated carbocycles. The molecule has 2 aromatic rings. The number of fused-ring (bicyclic) bond motifs is 1. The molecular formula is C11H10INO. The number of hydrogen-bond acceptors (Lipinski definition) is 2. The van der Waals surface area contributed by atoms with E-state index in [1.54, 1.807) is 0 Å². The van der Waals surface area contributed by atoms with E-state index in [0.29, 0.717) is 0 Å². The zero-order valence-corrected chi connectivity index (χ0v) is 10.2. The van der Waals surface area contributed by atoms with E-state index in [0.717, 1.165) is 22.2 Å². The van der Waals surface area contributed by atoms with E-state index in [-0.39, 0.29) is 0 Å². The normalized spacial score (nSPS) is 11.6. The van der Waals surface area contributed by atoms with Gasteiger partial charge in [-0.1, -0.05) is 17.3 Å². The minimum atomic E-state index is 0.882. The Hall–Kier alpha value is -0.840. The summed E-state index contributed by atoms with van der Waals surface area (Å²) in [6.07, 6.45) is 4.06. The third-order valence-electron chi connectivity index (χ3n) is 2.14. The summed E-state index contributed by atoms with van der Waals surface area (Å²) >= 11 is 2.30. The molecule has 0 aliphatic heterocycles. The molecule has 1 aromatic heterocycles. The highest BCUT2D eigenvalue weighted by Gasteiger charge is 2.09. The Balaban J connectivity index is 2.83. The Bertz CT molecular complexity index is 499. The summed E-state index contributed by atoms with van der Waals surface area (Å²) in [7, 11) is 0. The molecule has 0 fully saturated rings. The quantitative estimate of drug-likeness (QED) is 0.749. The summed E-state index contributed by atoms with van der Waals surface area (Å²) in [5.41, 5.74) is 2.95. The zero-order valence-electron chi connectivity index (χ0n) is 8.04. The molecule has 72 valence electrons. The van der Waals surface area contributed by atoms with E-state index in [2.05, 4.69) is 46.0 Å². The zero-order chi connectivity index (χ0) is 10.1. The lowest BCUT2D eigenvalue weighted by molar-refractivity contribution is 0.450. The van der Waals surface area contributed by atoms with Crippen LogP contribution in [0.2, 0.25) is 0 Å². The number of rotatable bonds is 1. The highest BCUT2D eigenvalue weighted by molar-refractivity contribution is 14.1. The summed E-state index contributed by atoms with van der Waals surface area (Å²) in [4.78, 5) is 0. The molecule has 0 unspecified atom stereocenters. The van der Waals surface area contributed by atoms with Gasteiger partial charge in [-0.15, -0.1) is 0 Å².